The summed E-state index contributed by atoms with van der Waals surface area (Å²) in [5.41, 5.74) is 2.35. The number of hydrogen-bond donors (Lipinski definition) is 2. The first-order valence-corrected chi connectivity index (χ1v) is 9.75. The molecule has 4 heteroatoms. The van der Waals surface area contributed by atoms with E-state index in [0.29, 0.717) is 12.6 Å². The second kappa shape index (κ2) is 8.50. The SMILES string of the molecule is Cc1cccc(CNC(=O)C2CCC(C(=O)NC3CCCC3)CC2)c1. The second-order valence-electron chi connectivity index (χ2n) is 7.75. The number of nitrogens with one attached hydrogen (secondary N) is 2. The molecule has 0 aliphatic heterocycles. The van der Waals surface area contributed by atoms with E-state index >= 15 is 0 Å². The molecule has 3 rings (SSSR count). The Morgan fingerprint density at radius 3 is 2.24 bits per heavy atom. The fourth-order valence-electron chi connectivity index (χ4n) is 4.16. The molecule has 0 radical (unpaired) electrons. The lowest BCUT2D eigenvalue weighted by Crippen LogP contribution is -2.40. The highest BCUT2D eigenvalue weighted by Crippen LogP contribution is 2.30. The maximum Gasteiger partial charge on any atom is 0.223 e. The van der Waals surface area contributed by atoms with E-state index in [1.165, 1.54) is 18.4 Å². The highest BCUT2D eigenvalue weighted by molar-refractivity contribution is 5.81. The predicted molar refractivity (Wildman–Crippen MR) is 98.9 cm³/mol. The van der Waals surface area contributed by atoms with Gasteiger partial charge in [-0.15, -0.1) is 0 Å². The van der Waals surface area contributed by atoms with Crippen molar-refractivity contribution in [2.24, 2.45) is 11.8 Å². The molecular formula is C21H30N2O2. The van der Waals surface area contributed by atoms with Gasteiger partial charge in [0.15, 0.2) is 0 Å². The van der Waals surface area contributed by atoms with Crippen molar-refractivity contribution < 1.29 is 9.59 Å². The van der Waals surface area contributed by atoms with Crippen LogP contribution in [0.5, 0.6) is 0 Å². The number of hydrogen-bond acceptors (Lipinski definition) is 2. The quantitative estimate of drug-likeness (QED) is 0.861. The summed E-state index contributed by atoms with van der Waals surface area (Å²) in [6.45, 7) is 2.64. The van der Waals surface area contributed by atoms with Gasteiger partial charge < -0.3 is 10.6 Å². The van der Waals surface area contributed by atoms with Crippen molar-refractivity contribution in [1.82, 2.24) is 10.6 Å². The van der Waals surface area contributed by atoms with Gasteiger partial charge in [-0.2, -0.15) is 0 Å². The number of rotatable bonds is 5. The van der Waals surface area contributed by atoms with Gasteiger partial charge in [0.1, 0.15) is 0 Å². The maximum atomic E-state index is 12.4. The van der Waals surface area contributed by atoms with Gasteiger partial charge in [-0.1, -0.05) is 42.7 Å². The normalized spacial score (nSPS) is 24.0. The largest absolute Gasteiger partial charge is 0.353 e. The van der Waals surface area contributed by atoms with Crippen LogP contribution in [0.15, 0.2) is 24.3 Å². The van der Waals surface area contributed by atoms with Crippen molar-refractivity contribution in [3.05, 3.63) is 35.4 Å². The third-order valence-electron chi connectivity index (χ3n) is 5.72. The van der Waals surface area contributed by atoms with Gasteiger partial charge in [0, 0.05) is 24.4 Å². The third kappa shape index (κ3) is 5.07. The van der Waals surface area contributed by atoms with Crippen LogP contribution in [0.2, 0.25) is 0 Å². The molecule has 2 amide bonds. The summed E-state index contributed by atoms with van der Waals surface area (Å²) >= 11 is 0. The second-order valence-corrected chi connectivity index (χ2v) is 7.75. The summed E-state index contributed by atoms with van der Waals surface area (Å²) in [6, 6.07) is 8.61. The smallest absolute Gasteiger partial charge is 0.223 e. The first-order chi connectivity index (χ1) is 12.1. The molecule has 0 saturated heterocycles. The van der Waals surface area contributed by atoms with Crippen LogP contribution < -0.4 is 10.6 Å². The fraction of sp³-hybridized carbons (Fsp3) is 0.619. The van der Waals surface area contributed by atoms with Crippen molar-refractivity contribution in [2.45, 2.75) is 70.9 Å². The van der Waals surface area contributed by atoms with Crippen molar-refractivity contribution in [1.29, 1.82) is 0 Å². The zero-order valence-corrected chi connectivity index (χ0v) is 15.2. The minimum absolute atomic E-state index is 0.0559. The number of benzene rings is 1. The minimum atomic E-state index is 0.0559. The van der Waals surface area contributed by atoms with Crippen molar-refractivity contribution in [3.63, 3.8) is 0 Å². The Hall–Kier alpha value is -1.84. The average molecular weight is 342 g/mol. The number of aryl methyl sites for hydroxylation is 1. The molecule has 2 saturated carbocycles. The third-order valence-corrected chi connectivity index (χ3v) is 5.72. The summed E-state index contributed by atoms with van der Waals surface area (Å²) in [7, 11) is 0. The van der Waals surface area contributed by atoms with E-state index in [2.05, 4.69) is 29.7 Å². The lowest BCUT2D eigenvalue weighted by Gasteiger charge is -2.28. The Kier molecular flexibility index (Phi) is 6.11. The molecule has 2 aliphatic rings. The highest BCUT2D eigenvalue weighted by Gasteiger charge is 2.31. The average Bonchev–Trinajstić information content (AvgIpc) is 3.13. The first kappa shape index (κ1) is 18.0. The Morgan fingerprint density at radius 2 is 1.60 bits per heavy atom. The van der Waals surface area contributed by atoms with E-state index in [4.69, 9.17) is 0 Å². The molecule has 0 aromatic heterocycles. The monoisotopic (exact) mass is 342 g/mol. The summed E-state index contributed by atoms with van der Waals surface area (Å²) in [4.78, 5) is 24.8. The lowest BCUT2D eigenvalue weighted by atomic mass is 9.81. The summed E-state index contributed by atoms with van der Waals surface area (Å²) in [5, 5.41) is 6.26. The molecular weight excluding hydrogens is 312 g/mol. The van der Waals surface area contributed by atoms with Gasteiger partial charge in [-0.25, -0.2) is 0 Å². The van der Waals surface area contributed by atoms with Crippen LogP contribution in [0.3, 0.4) is 0 Å². The molecule has 2 aliphatic carbocycles. The van der Waals surface area contributed by atoms with Gasteiger partial charge in [-0.05, 0) is 51.0 Å². The Balaban J connectivity index is 1.40. The zero-order chi connectivity index (χ0) is 17.6. The van der Waals surface area contributed by atoms with E-state index < -0.39 is 0 Å². The Morgan fingerprint density at radius 1 is 0.960 bits per heavy atom. The van der Waals surface area contributed by atoms with Crippen molar-refractivity contribution in [3.8, 4) is 0 Å². The van der Waals surface area contributed by atoms with E-state index in [1.54, 1.807) is 0 Å². The number of carbonyl (C=O) groups excluding carboxylic acids is 2. The lowest BCUT2D eigenvalue weighted by molar-refractivity contribution is -0.131. The predicted octanol–water partition coefficient (Wildman–Crippen LogP) is 3.48. The molecule has 0 spiro atoms. The molecule has 0 heterocycles. The fourth-order valence-corrected chi connectivity index (χ4v) is 4.16. The molecule has 25 heavy (non-hydrogen) atoms. The van der Waals surface area contributed by atoms with E-state index in [0.717, 1.165) is 44.1 Å². The number of amides is 2. The summed E-state index contributed by atoms with van der Waals surface area (Å²) in [6.07, 6.45) is 8.04. The van der Waals surface area contributed by atoms with Crippen LogP contribution in [-0.2, 0) is 16.1 Å². The zero-order valence-electron chi connectivity index (χ0n) is 15.2. The van der Waals surface area contributed by atoms with Crippen LogP contribution in [0.4, 0.5) is 0 Å². The van der Waals surface area contributed by atoms with Gasteiger partial charge in [0.25, 0.3) is 0 Å². The van der Waals surface area contributed by atoms with Crippen molar-refractivity contribution >= 4 is 11.8 Å². The Labute approximate surface area is 150 Å². The summed E-state index contributed by atoms with van der Waals surface area (Å²) < 4.78 is 0. The molecule has 4 nitrogen and oxygen atoms in total. The summed E-state index contributed by atoms with van der Waals surface area (Å²) in [5.74, 6) is 0.503. The molecule has 1 aromatic carbocycles. The number of carbonyl (C=O) groups is 2. The topological polar surface area (TPSA) is 58.2 Å². The van der Waals surface area contributed by atoms with Crippen LogP contribution in [-0.4, -0.2) is 17.9 Å². The molecule has 1 aromatic rings. The molecule has 2 fully saturated rings. The maximum absolute atomic E-state index is 12.4. The van der Waals surface area contributed by atoms with Crippen LogP contribution >= 0.6 is 0 Å². The molecule has 0 unspecified atom stereocenters. The van der Waals surface area contributed by atoms with Crippen molar-refractivity contribution in [2.75, 3.05) is 0 Å². The van der Waals surface area contributed by atoms with Gasteiger partial charge in [0.05, 0.1) is 0 Å². The van der Waals surface area contributed by atoms with E-state index in [1.807, 2.05) is 12.1 Å². The molecule has 2 N–H and O–H groups in total. The van der Waals surface area contributed by atoms with E-state index in [-0.39, 0.29) is 23.7 Å². The van der Waals surface area contributed by atoms with Crippen LogP contribution in [0.1, 0.15) is 62.5 Å². The highest BCUT2D eigenvalue weighted by atomic mass is 16.2. The minimum Gasteiger partial charge on any atom is -0.353 e. The van der Waals surface area contributed by atoms with Gasteiger partial charge >= 0.3 is 0 Å². The van der Waals surface area contributed by atoms with Gasteiger partial charge in [0.2, 0.25) is 11.8 Å². The van der Waals surface area contributed by atoms with Crippen LogP contribution in [0, 0.1) is 18.8 Å². The van der Waals surface area contributed by atoms with E-state index in [9.17, 15) is 9.59 Å². The molecule has 136 valence electrons. The molecule has 0 bridgehead atoms. The Bertz CT molecular complexity index is 600. The van der Waals surface area contributed by atoms with Gasteiger partial charge in [-0.3, -0.25) is 9.59 Å². The molecule has 0 atom stereocenters. The standard InChI is InChI=1S/C21H30N2O2/c1-15-5-4-6-16(13-15)14-22-20(24)17-9-11-18(12-10-17)21(25)23-19-7-2-3-8-19/h4-6,13,17-19H,2-3,7-12,14H2,1H3,(H,22,24)(H,23,25). The van der Waals surface area contributed by atoms with Crippen LogP contribution in [0.25, 0.3) is 0 Å². The first-order valence-electron chi connectivity index (χ1n) is 9.75.